The first-order valence-electron chi connectivity index (χ1n) is 6.31. The second kappa shape index (κ2) is 5.32. The summed E-state index contributed by atoms with van der Waals surface area (Å²) in [4.78, 5) is 12.0. The highest BCUT2D eigenvalue weighted by molar-refractivity contribution is 5.93. The van der Waals surface area contributed by atoms with E-state index in [-0.39, 0.29) is 11.8 Å². The zero-order chi connectivity index (χ0) is 12.3. The Labute approximate surface area is 103 Å². The van der Waals surface area contributed by atoms with E-state index in [0.29, 0.717) is 5.92 Å². The third kappa shape index (κ3) is 2.86. The van der Waals surface area contributed by atoms with Gasteiger partial charge in [0.25, 0.3) is 0 Å². The van der Waals surface area contributed by atoms with Gasteiger partial charge >= 0.3 is 0 Å². The molecule has 1 aromatic rings. The van der Waals surface area contributed by atoms with E-state index in [4.69, 9.17) is 0 Å². The number of anilines is 1. The molecule has 92 valence electrons. The molecular formula is C14H20N2O. The highest BCUT2D eigenvalue weighted by Gasteiger charge is 2.29. The number of hydrogen-bond donors (Lipinski definition) is 2. The molecule has 0 saturated carbocycles. The molecule has 2 rings (SSSR count). The molecule has 2 atom stereocenters. The average Bonchev–Trinajstić information content (AvgIpc) is 2.76. The fourth-order valence-corrected chi connectivity index (χ4v) is 2.22. The lowest BCUT2D eigenvalue weighted by Crippen LogP contribution is -2.27. The van der Waals surface area contributed by atoms with Crippen molar-refractivity contribution in [2.24, 2.45) is 11.8 Å². The fourth-order valence-electron chi connectivity index (χ4n) is 2.22. The molecule has 3 heteroatoms. The Morgan fingerprint density at radius 3 is 2.59 bits per heavy atom. The van der Waals surface area contributed by atoms with Crippen molar-refractivity contribution in [1.82, 2.24) is 5.32 Å². The van der Waals surface area contributed by atoms with Crippen LogP contribution in [0.4, 0.5) is 5.69 Å². The van der Waals surface area contributed by atoms with E-state index in [1.54, 1.807) is 0 Å². The Morgan fingerprint density at radius 1 is 1.35 bits per heavy atom. The summed E-state index contributed by atoms with van der Waals surface area (Å²) in [6.45, 7) is 5.97. The predicted octanol–water partition coefficient (Wildman–Crippen LogP) is 2.04. The summed E-state index contributed by atoms with van der Waals surface area (Å²) < 4.78 is 0. The minimum Gasteiger partial charge on any atom is -0.326 e. The van der Waals surface area contributed by atoms with Gasteiger partial charge in [-0.1, -0.05) is 26.0 Å². The summed E-state index contributed by atoms with van der Waals surface area (Å²) in [5.41, 5.74) is 2.19. The van der Waals surface area contributed by atoms with Gasteiger partial charge in [0.2, 0.25) is 5.91 Å². The zero-order valence-electron chi connectivity index (χ0n) is 10.5. The molecule has 2 unspecified atom stereocenters. The Morgan fingerprint density at radius 2 is 2.06 bits per heavy atom. The van der Waals surface area contributed by atoms with Gasteiger partial charge in [-0.15, -0.1) is 0 Å². The summed E-state index contributed by atoms with van der Waals surface area (Å²) in [7, 11) is 0. The minimum absolute atomic E-state index is 0.0980. The van der Waals surface area contributed by atoms with E-state index in [9.17, 15) is 4.79 Å². The molecule has 2 N–H and O–H groups in total. The van der Waals surface area contributed by atoms with Crippen molar-refractivity contribution in [2.45, 2.75) is 20.3 Å². The molecule has 0 spiro atoms. The molecule has 1 heterocycles. The molecule has 0 radical (unpaired) electrons. The van der Waals surface area contributed by atoms with Crippen molar-refractivity contribution < 1.29 is 4.79 Å². The topological polar surface area (TPSA) is 41.1 Å². The lowest BCUT2D eigenvalue weighted by molar-refractivity contribution is -0.120. The molecule has 0 aliphatic carbocycles. The van der Waals surface area contributed by atoms with Gasteiger partial charge < -0.3 is 10.6 Å². The SMILES string of the molecule is CCc1ccc(NC(=O)C2CNCC2C)cc1. The lowest BCUT2D eigenvalue weighted by atomic mass is 9.97. The van der Waals surface area contributed by atoms with Crippen LogP contribution in [0.5, 0.6) is 0 Å². The van der Waals surface area contributed by atoms with E-state index < -0.39 is 0 Å². The first kappa shape index (κ1) is 12.1. The number of aryl methyl sites for hydroxylation is 1. The van der Waals surface area contributed by atoms with Crippen LogP contribution in [0.1, 0.15) is 19.4 Å². The van der Waals surface area contributed by atoms with Gasteiger partial charge in [-0.25, -0.2) is 0 Å². The zero-order valence-corrected chi connectivity index (χ0v) is 10.5. The first-order valence-corrected chi connectivity index (χ1v) is 6.31. The van der Waals surface area contributed by atoms with Gasteiger partial charge in [0.1, 0.15) is 0 Å². The molecule has 17 heavy (non-hydrogen) atoms. The third-order valence-electron chi connectivity index (χ3n) is 3.48. The number of carbonyl (C=O) groups is 1. The van der Waals surface area contributed by atoms with E-state index in [0.717, 1.165) is 25.2 Å². The monoisotopic (exact) mass is 232 g/mol. The highest BCUT2D eigenvalue weighted by Crippen LogP contribution is 2.18. The van der Waals surface area contributed by atoms with Crippen LogP contribution in [0.2, 0.25) is 0 Å². The molecule has 0 bridgehead atoms. The molecule has 1 aliphatic heterocycles. The number of carbonyl (C=O) groups excluding carboxylic acids is 1. The summed E-state index contributed by atoms with van der Waals surface area (Å²) in [5, 5.41) is 6.23. The maximum Gasteiger partial charge on any atom is 0.229 e. The van der Waals surface area contributed by atoms with Crippen molar-refractivity contribution >= 4 is 11.6 Å². The van der Waals surface area contributed by atoms with Gasteiger partial charge in [0, 0.05) is 12.2 Å². The number of benzene rings is 1. The van der Waals surface area contributed by atoms with Gasteiger partial charge in [-0.3, -0.25) is 4.79 Å². The number of nitrogens with one attached hydrogen (secondary N) is 2. The molecule has 1 saturated heterocycles. The Kier molecular flexibility index (Phi) is 3.79. The van der Waals surface area contributed by atoms with Crippen molar-refractivity contribution in [3.8, 4) is 0 Å². The van der Waals surface area contributed by atoms with Crippen LogP contribution in [0, 0.1) is 11.8 Å². The normalized spacial score (nSPS) is 23.6. The molecule has 1 aromatic carbocycles. The first-order chi connectivity index (χ1) is 8.20. The van der Waals surface area contributed by atoms with Crippen molar-refractivity contribution in [2.75, 3.05) is 18.4 Å². The predicted molar refractivity (Wildman–Crippen MR) is 70.0 cm³/mol. The van der Waals surface area contributed by atoms with Gasteiger partial charge in [0.05, 0.1) is 5.92 Å². The van der Waals surface area contributed by atoms with Gasteiger partial charge in [0.15, 0.2) is 0 Å². The van der Waals surface area contributed by atoms with Crippen molar-refractivity contribution in [1.29, 1.82) is 0 Å². The third-order valence-corrected chi connectivity index (χ3v) is 3.48. The molecule has 3 nitrogen and oxygen atoms in total. The van der Waals surface area contributed by atoms with E-state index in [2.05, 4.69) is 36.6 Å². The van der Waals surface area contributed by atoms with Crippen LogP contribution in [0.15, 0.2) is 24.3 Å². The van der Waals surface area contributed by atoms with Crippen LogP contribution in [-0.2, 0) is 11.2 Å². The molecule has 0 aromatic heterocycles. The van der Waals surface area contributed by atoms with E-state index in [1.807, 2.05) is 12.1 Å². The summed E-state index contributed by atoms with van der Waals surface area (Å²) in [6.07, 6.45) is 1.03. The summed E-state index contributed by atoms with van der Waals surface area (Å²) in [6, 6.07) is 8.07. The van der Waals surface area contributed by atoms with Crippen LogP contribution in [0.25, 0.3) is 0 Å². The highest BCUT2D eigenvalue weighted by atomic mass is 16.1. The Hall–Kier alpha value is -1.35. The smallest absolute Gasteiger partial charge is 0.229 e. The minimum atomic E-state index is 0.0980. The Bertz CT molecular complexity index is 386. The fraction of sp³-hybridized carbons (Fsp3) is 0.500. The number of hydrogen-bond acceptors (Lipinski definition) is 2. The quantitative estimate of drug-likeness (QED) is 0.837. The largest absolute Gasteiger partial charge is 0.326 e. The van der Waals surface area contributed by atoms with E-state index >= 15 is 0 Å². The van der Waals surface area contributed by atoms with Gasteiger partial charge in [-0.05, 0) is 36.6 Å². The van der Waals surface area contributed by atoms with Crippen LogP contribution in [-0.4, -0.2) is 19.0 Å². The summed E-state index contributed by atoms with van der Waals surface area (Å²) in [5.74, 6) is 0.650. The maximum absolute atomic E-state index is 12.0. The lowest BCUT2D eigenvalue weighted by Gasteiger charge is -2.14. The van der Waals surface area contributed by atoms with Crippen LogP contribution >= 0.6 is 0 Å². The van der Waals surface area contributed by atoms with E-state index in [1.165, 1.54) is 5.56 Å². The van der Waals surface area contributed by atoms with Crippen LogP contribution in [0.3, 0.4) is 0 Å². The maximum atomic E-state index is 12.0. The molecule has 1 amide bonds. The van der Waals surface area contributed by atoms with Crippen molar-refractivity contribution in [3.63, 3.8) is 0 Å². The average molecular weight is 232 g/mol. The number of amides is 1. The van der Waals surface area contributed by atoms with Gasteiger partial charge in [-0.2, -0.15) is 0 Å². The second-order valence-electron chi connectivity index (χ2n) is 4.78. The molecule has 1 fully saturated rings. The standard InChI is InChI=1S/C14H20N2O/c1-3-11-4-6-12(7-5-11)16-14(17)13-9-15-8-10(13)2/h4-7,10,13,15H,3,8-9H2,1-2H3,(H,16,17). The van der Waals surface area contributed by atoms with Crippen LogP contribution < -0.4 is 10.6 Å². The molecular weight excluding hydrogens is 212 g/mol. The van der Waals surface area contributed by atoms with Crippen molar-refractivity contribution in [3.05, 3.63) is 29.8 Å². The number of rotatable bonds is 3. The second-order valence-corrected chi connectivity index (χ2v) is 4.78. The Balaban J connectivity index is 1.97. The molecule has 1 aliphatic rings. The summed E-state index contributed by atoms with van der Waals surface area (Å²) >= 11 is 0.